The van der Waals surface area contributed by atoms with Crippen molar-refractivity contribution in [2.45, 2.75) is 58.0 Å². The van der Waals surface area contributed by atoms with Crippen LogP contribution >= 0.6 is 0 Å². The second-order valence-corrected chi connectivity index (χ2v) is 7.01. The number of ether oxygens (including phenoxy) is 1. The van der Waals surface area contributed by atoms with E-state index in [-0.39, 0.29) is 11.8 Å². The first-order valence-electron chi connectivity index (χ1n) is 8.92. The molecule has 0 bridgehead atoms. The lowest BCUT2D eigenvalue weighted by molar-refractivity contribution is -0.120. The fourth-order valence-corrected chi connectivity index (χ4v) is 3.84. The van der Waals surface area contributed by atoms with E-state index in [1.807, 2.05) is 12.1 Å². The third-order valence-electron chi connectivity index (χ3n) is 5.08. The van der Waals surface area contributed by atoms with Crippen LogP contribution in [0.3, 0.4) is 0 Å². The lowest BCUT2D eigenvalue weighted by Crippen LogP contribution is -2.49. The van der Waals surface area contributed by atoms with E-state index in [9.17, 15) is 4.79 Å². The van der Waals surface area contributed by atoms with Crippen molar-refractivity contribution in [3.8, 4) is 0 Å². The fourth-order valence-electron chi connectivity index (χ4n) is 3.84. The molecule has 4 nitrogen and oxygen atoms in total. The summed E-state index contributed by atoms with van der Waals surface area (Å²) in [6, 6.07) is 9.00. The van der Waals surface area contributed by atoms with Crippen molar-refractivity contribution in [2.24, 2.45) is 5.92 Å². The maximum atomic E-state index is 12.3. The highest BCUT2D eigenvalue weighted by atomic mass is 16.5. The molecule has 3 rings (SSSR count). The van der Waals surface area contributed by atoms with Gasteiger partial charge in [0, 0.05) is 29.4 Å². The summed E-state index contributed by atoms with van der Waals surface area (Å²) < 4.78 is 5.59. The van der Waals surface area contributed by atoms with Gasteiger partial charge in [-0.2, -0.15) is 0 Å². The smallest absolute Gasteiger partial charge is 0.227 e. The van der Waals surface area contributed by atoms with E-state index in [0.29, 0.717) is 12.1 Å². The molecule has 2 unspecified atom stereocenters. The number of amides is 1. The van der Waals surface area contributed by atoms with Gasteiger partial charge in [0.2, 0.25) is 5.91 Å². The number of carbonyl (C=O) groups is 1. The van der Waals surface area contributed by atoms with Crippen molar-refractivity contribution in [1.29, 1.82) is 0 Å². The standard InChI is InChI=1S/C19H28N2O2/c1-14-12-23-13-15(2)21(14)18-10-8-17(9-11-18)20-19(22)16-6-4-3-5-7-16/h8-11,14-16H,3-7,12-13H2,1-2H3,(H,20,22). The highest BCUT2D eigenvalue weighted by Gasteiger charge is 2.25. The van der Waals surface area contributed by atoms with E-state index < -0.39 is 0 Å². The van der Waals surface area contributed by atoms with Crippen LogP contribution in [-0.4, -0.2) is 31.2 Å². The minimum Gasteiger partial charge on any atom is -0.377 e. The SMILES string of the molecule is CC1COCC(C)N1c1ccc(NC(=O)C2CCCCC2)cc1. The second-order valence-electron chi connectivity index (χ2n) is 7.01. The molecule has 23 heavy (non-hydrogen) atoms. The molecule has 1 amide bonds. The molecule has 0 radical (unpaired) electrons. The van der Waals surface area contributed by atoms with Crippen LogP contribution in [0.15, 0.2) is 24.3 Å². The molecular weight excluding hydrogens is 288 g/mol. The van der Waals surface area contributed by atoms with Crippen LogP contribution in [0.5, 0.6) is 0 Å². The lowest BCUT2D eigenvalue weighted by Gasteiger charge is -2.40. The Hall–Kier alpha value is -1.55. The molecule has 1 saturated heterocycles. The minimum absolute atomic E-state index is 0.186. The zero-order valence-corrected chi connectivity index (χ0v) is 14.3. The van der Waals surface area contributed by atoms with Gasteiger partial charge in [0.05, 0.1) is 13.2 Å². The normalized spacial score (nSPS) is 26.1. The Morgan fingerprint density at radius 2 is 1.65 bits per heavy atom. The van der Waals surface area contributed by atoms with Gasteiger partial charge in [0.25, 0.3) is 0 Å². The van der Waals surface area contributed by atoms with Gasteiger partial charge in [0.1, 0.15) is 0 Å². The first-order valence-corrected chi connectivity index (χ1v) is 8.92. The molecule has 2 fully saturated rings. The molecule has 1 N–H and O–H groups in total. The Morgan fingerprint density at radius 3 is 2.26 bits per heavy atom. The molecule has 0 aromatic heterocycles. The van der Waals surface area contributed by atoms with Crippen LogP contribution in [0.4, 0.5) is 11.4 Å². The van der Waals surface area contributed by atoms with Crippen LogP contribution in [0, 0.1) is 5.92 Å². The minimum atomic E-state index is 0.186. The molecule has 1 aliphatic carbocycles. The molecule has 2 aliphatic rings. The first kappa shape index (κ1) is 16.3. The molecule has 1 saturated carbocycles. The number of benzene rings is 1. The Balaban J connectivity index is 1.63. The fraction of sp³-hybridized carbons (Fsp3) is 0.632. The van der Waals surface area contributed by atoms with Gasteiger partial charge in [-0.25, -0.2) is 0 Å². The third kappa shape index (κ3) is 3.86. The monoisotopic (exact) mass is 316 g/mol. The Labute approximate surface area is 139 Å². The molecule has 126 valence electrons. The number of nitrogens with one attached hydrogen (secondary N) is 1. The van der Waals surface area contributed by atoms with E-state index >= 15 is 0 Å². The van der Waals surface area contributed by atoms with Crippen LogP contribution in [0.25, 0.3) is 0 Å². The predicted octanol–water partition coefficient (Wildman–Crippen LogP) is 3.82. The van der Waals surface area contributed by atoms with E-state index in [1.54, 1.807) is 0 Å². The number of morpholine rings is 1. The molecule has 1 aromatic rings. The summed E-state index contributed by atoms with van der Waals surface area (Å²) in [7, 11) is 0. The van der Waals surface area contributed by atoms with Crippen LogP contribution in [0.2, 0.25) is 0 Å². The number of hydrogen-bond donors (Lipinski definition) is 1. The summed E-state index contributed by atoms with van der Waals surface area (Å²) in [4.78, 5) is 14.7. The van der Waals surface area contributed by atoms with Gasteiger partial charge in [0.15, 0.2) is 0 Å². The maximum Gasteiger partial charge on any atom is 0.227 e. The highest BCUT2D eigenvalue weighted by molar-refractivity contribution is 5.92. The van der Waals surface area contributed by atoms with E-state index in [4.69, 9.17) is 4.74 Å². The van der Waals surface area contributed by atoms with Gasteiger partial charge < -0.3 is 15.0 Å². The van der Waals surface area contributed by atoms with Crippen LogP contribution in [-0.2, 0) is 9.53 Å². The number of anilines is 2. The largest absolute Gasteiger partial charge is 0.377 e. The van der Waals surface area contributed by atoms with Crippen molar-refractivity contribution < 1.29 is 9.53 Å². The zero-order chi connectivity index (χ0) is 16.2. The summed E-state index contributed by atoms with van der Waals surface area (Å²) in [6.45, 7) is 5.91. The van der Waals surface area contributed by atoms with Gasteiger partial charge in [-0.3, -0.25) is 4.79 Å². The van der Waals surface area contributed by atoms with Gasteiger partial charge in [-0.1, -0.05) is 19.3 Å². The van der Waals surface area contributed by atoms with Crippen molar-refractivity contribution >= 4 is 17.3 Å². The number of carbonyl (C=O) groups excluding carboxylic acids is 1. The van der Waals surface area contributed by atoms with Crippen LogP contribution in [0.1, 0.15) is 46.0 Å². The second kappa shape index (κ2) is 7.35. The quantitative estimate of drug-likeness (QED) is 0.922. The van der Waals surface area contributed by atoms with Crippen molar-refractivity contribution in [1.82, 2.24) is 0 Å². The van der Waals surface area contributed by atoms with E-state index in [0.717, 1.165) is 31.7 Å². The summed E-state index contributed by atoms with van der Waals surface area (Å²) in [5.74, 6) is 0.383. The van der Waals surface area contributed by atoms with Crippen LogP contribution < -0.4 is 10.2 Å². The molecule has 0 spiro atoms. The summed E-state index contributed by atoms with van der Waals surface area (Å²) in [5, 5.41) is 3.08. The molecule has 1 heterocycles. The topological polar surface area (TPSA) is 41.6 Å². The molecule has 1 aromatic carbocycles. The van der Waals surface area contributed by atoms with Gasteiger partial charge in [-0.05, 0) is 51.0 Å². The van der Waals surface area contributed by atoms with Gasteiger partial charge >= 0.3 is 0 Å². The van der Waals surface area contributed by atoms with E-state index in [1.165, 1.54) is 24.9 Å². The Bertz CT molecular complexity index is 513. The maximum absolute atomic E-state index is 12.3. The van der Waals surface area contributed by atoms with Gasteiger partial charge in [-0.15, -0.1) is 0 Å². The molecule has 1 aliphatic heterocycles. The summed E-state index contributed by atoms with van der Waals surface area (Å²) in [6.07, 6.45) is 5.71. The molecule has 4 heteroatoms. The zero-order valence-electron chi connectivity index (χ0n) is 14.3. The highest BCUT2D eigenvalue weighted by Crippen LogP contribution is 2.27. The summed E-state index contributed by atoms with van der Waals surface area (Å²) in [5.41, 5.74) is 2.10. The Kier molecular flexibility index (Phi) is 5.21. The predicted molar refractivity (Wildman–Crippen MR) is 93.9 cm³/mol. The number of rotatable bonds is 3. The average molecular weight is 316 g/mol. The van der Waals surface area contributed by atoms with Crippen molar-refractivity contribution in [3.05, 3.63) is 24.3 Å². The Morgan fingerprint density at radius 1 is 1.04 bits per heavy atom. The van der Waals surface area contributed by atoms with Crippen molar-refractivity contribution in [3.63, 3.8) is 0 Å². The molecular formula is C19H28N2O2. The molecule has 2 atom stereocenters. The first-order chi connectivity index (χ1) is 11.1. The number of nitrogens with zero attached hydrogens (tertiary/aromatic N) is 1. The average Bonchev–Trinajstić information content (AvgIpc) is 2.57. The summed E-state index contributed by atoms with van der Waals surface area (Å²) >= 11 is 0. The third-order valence-corrected chi connectivity index (χ3v) is 5.08. The van der Waals surface area contributed by atoms with Crippen molar-refractivity contribution in [2.75, 3.05) is 23.4 Å². The van der Waals surface area contributed by atoms with E-state index in [2.05, 4.69) is 36.2 Å². The number of hydrogen-bond acceptors (Lipinski definition) is 3. The lowest BCUT2D eigenvalue weighted by atomic mass is 9.88.